The number of pyridine rings is 1. The van der Waals surface area contributed by atoms with E-state index in [9.17, 15) is 4.79 Å². The highest BCUT2D eigenvalue weighted by molar-refractivity contribution is 5.95. The molecule has 0 bridgehead atoms. The maximum atomic E-state index is 12.5. The largest absolute Gasteiger partial charge is 0.370 e. The summed E-state index contributed by atoms with van der Waals surface area (Å²) in [6, 6.07) is 3.88. The van der Waals surface area contributed by atoms with Crippen LogP contribution in [0.3, 0.4) is 0 Å². The van der Waals surface area contributed by atoms with Gasteiger partial charge in [0.1, 0.15) is 5.82 Å². The molecule has 1 aromatic heterocycles. The molecular weight excluding hydrogens is 238 g/mol. The summed E-state index contributed by atoms with van der Waals surface area (Å²) in [6.45, 7) is 9.90. The molecule has 1 N–H and O–H groups in total. The predicted molar refractivity (Wildman–Crippen MR) is 79.5 cm³/mol. The van der Waals surface area contributed by atoms with Crippen LogP contribution in [0.25, 0.3) is 0 Å². The van der Waals surface area contributed by atoms with Crippen molar-refractivity contribution in [3.63, 3.8) is 0 Å². The van der Waals surface area contributed by atoms with Gasteiger partial charge in [-0.05, 0) is 38.8 Å². The lowest BCUT2D eigenvalue weighted by Crippen LogP contribution is -2.38. The van der Waals surface area contributed by atoms with E-state index in [-0.39, 0.29) is 11.9 Å². The molecule has 0 saturated heterocycles. The molecule has 0 aromatic carbocycles. The summed E-state index contributed by atoms with van der Waals surface area (Å²) in [5, 5.41) is 3.21. The average molecular weight is 263 g/mol. The Labute approximate surface area is 116 Å². The van der Waals surface area contributed by atoms with Gasteiger partial charge in [0.15, 0.2) is 0 Å². The minimum absolute atomic E-state index is 0.0822. The number of hydrogen-bond donors (Lipinski definition) is 1. The third-order valence-electron chi connectivity index (χ3n) is 3.29. The van der Waals surface area contributed by atoms with Crippen LogP contribution in [0, 0.1) is 0 Å². The molecule has 0 aliphatic rings. The lowest BCUT2D eigenvalue weighted by molar-refractivity contribution is 0.0700. The van der Waals surface area contributed by atoms with E-state index < -0.39 is 0 Å². The molecule has 19 heavy (non-hydrogen) atoms. The minimum atomic E-state index is 0.0822. The van der Waals surface area contributed by atoms with Crippen LogP contribution >= 0.6 is 0 Å². The van der Waals surface area contributed by atoms with Crippen LogP contribution in [0.2, 0.25) is 0 Å². The monoisotopic (exact) mass is 263 g/mol. The molecule has 4 heteroatoms. The van der Waals surface area contributed by atoms with E-state index in [0.29, 0.717) is 5.56 Å². The normalized spacial score (nSPS) is 12.0. The van der Waals surface area contributed by atoms with Gasteiger partial charge in [-0.1, -0.05) is 13.8 Å². The number of hydrogen-bond acceptors (Lipinski definition) is 3. The second-order valence-electron chi connectivity index (χ2n) is 4.70. The highest BCUT2D eigenvalue weighted by Gasteiger charge is 2.18. The lowest BCUT2D eigenvalue weighted by Gasteiger charge is -2.27. The number of carbonyl (C=O) groups excluding carboxylic acids is 1. The average Bonchev–Trinajstić information content (AvgIpc) is 2.45. The number of aromatic nitrogens is 1. The van der Waals surface area contributed by atoms with Gasteiger partial charge in [-0.2, -0.15) is 0 Å². The summed E-state index contributed by atoms with van der Waals surface area (Å²) in [4.78, 5) is 18.6. The number of anilines is 1. The summed E-state index contributed by atoms with van der Waals surface area (Å²) < 4.78 is 0. The molecule has 0 saturated carbocycles. The zero-order chi connectivity index (χ0) is 14.3. The topological polar surface area (TPSA) is 45.2 Å². The van der Waals surface area contributed by atoms with Crippen molar-refractivity contribution in [1.29, 1.82) is 0 Å². The van der Waals surface area contributed by atoms with Gasteiger partial charge in [0.2, 0.25) is 0 Å². The van der Waals surface area contributed by atoms with Crippen molar-refractivity contribution in [2.45, 2.75) is 46.6 Å². The third-order valence-corrected chi connectivity index (χ3v) is 3.29. The van der Waals surface area contributed by atoms with Gasteiger partial charge in [0.05, 0.1) is 0 Å². The van der Waals surface area contributed by atoms with Crippen LogP contribution in [-0.4, -0.2) is 34.9 Å². The lowest BCUT2D eigenvalue weighted by atomic mass is 10.1. The number of carbonyl (C=O) groups is 1. The summed E-state index contributed by atoms with van der Waals surface area (Å²) in [5.74, 6) is 0.853. The quantitative estimate of drug-likeness (QED) is 0.822. The first-order valence-corrected chi connectivity index (χ1v) is 7.14. The fourth-order valence-electron chi connectivity index (χ4n) is 1.95. The van der Waals surface area contributed by atoms with Crippen LogP contribution in [0.1, 0.15) is 50.9 Å². The minimum Gasteiger partial charge on any atom is -0.370 e. The molecule has 4 nitrogen and oxygen atoms in total. The first-order valence-electron chi connectivity index (χ1n) is 7.14. The van der Waals surface area contributed by atoms with E-state index in [0.717, 1.165) is 31.7 Å². The summed E-state index contributed by atoms with van der Waals surface area (Å²) >= 11 is 0. The van der Waals surface area contributed by atoms with Gasteiger partial charge < -0.3 is 10.2 Å². The second kappa shape index (κ2) is 7.77. The van der Waals surface area contributed by atoms with Crippen molar-refractivity contribution in [2.24, 2.45) is 0 Å². The Bertz CT molecular complexity index is 406. The molecule has 1 rings (SSSR count). The first-order chi connectivity index (χ1) is 9.13. The van der Waals surface area contributed by atoms with E-state index >= 15 is 0 Å². The number of nitrogens with zero attached hydrogens (tertiary/aromatic N) is 2. The Balaban J connectivity index is 2.85. The van der Waals surface area contributed by atoms with E-state index in [1.165, 1.54) is 0 Å². The van der Waals surface area contributed by atoms with Gasteiger partial charge in [0, 0.05) is 30.9 Å². The van der Waals surface area contributed by atoms with E-state index in [1.807, 2.05) is 17.9 Å². The highest BCUT2D eigenvalue weighted by atomic mass is 16.2. The SMILES string of the molecule is CCCNc1cc(C(=O)N(CC)C(C)CC)ccn1. The van der Waals surface area contributed by atoms with Crippen LogP contribution in [0.5, 0.6) is 0 Å². The van der Waals surface area contributed by atoms with Crippen LogP contribution in [0.4, 0.5) is 5.82 Å². The Morgan fingerprint density at radius 2 is 2.16 bits per heavy atom. The van der Waals surface area contributed by atoms with Crippen LogP contribution < -0.4 is 5.32 Å². The van der Waals surface area contributed by atoms with Crippen LogP contribution in [0.15, 0.2) is 18.3 Å². The molecule has 1 heterocycles. The standard InChI is InChI=1S/C15H25N3O/c1-5-9-16-14-11-13(8-10-17-14)15(19)18(7-3)12(4)6-2/h8,10-12H,5-7,9H2,1-4H3,(H,16,17). The molecule has 106 valence electrons. The zero-order valence-electron chi connectivity index (χ0n) is 12.4. The van der Waals surface area contributed by atoms with Gasteiger partial charge in [-0.15, -0.1) is 0 Å². The summed E-state index contributed by atoms with van der Waals surface area (Å²) in [6.07, 6.45) is 3.69. The van der Waals surface area contributed by atoms with Crippen LogP contribution in [-0.2, 0) is 0 Å². The first kappa shape index (κ1) is 15.5. The molecule has 1 amide bonds. The Kier molecular flexibility index (Phi) is 6.33. The Morgan fingerprint density at radius 3 is 2.74 bits per heavy atom. The van der Waals surface area contributed by atoms with Crippen molar-refractivity contribution in [2.75, 3.05) is 18.4 Å². The molecule has 0 radical (unpaired) electrons. The van der Waals surface area contributed by atoms with E-state index in [4.69, 9.17) is 0 Å². The van der Waals surface area contributed by atoms with Crippen molar-refractivity contribution >= 4 is 11.7 Å². The molecule has 0 fully saturated rings. The highest BCUT2D eigenvalue weighted by Crippen LogP contribution is 2.13. The Morgan fingerprint density at radius 1 is 1.42 bits per heavy atom. The van der Waals surface area contributed by atoms with Crippen molar-refractivity contribution in [3.8, 4) is 0 Å². The molecule has 0 spiro atoms. The van der Waals surface area contributed by atoms with Gasteiger partial charge in [-0.25, -0.2) is 4.98 Å². The van der Waals surface area contributed by atoms with E-state index in [2.05, 4.69) is 31.1 Å². The zero-order valence-corrected chi connectivity index (χ0v) is 12.4. The predicted octanol–water partition coefficient (Wildman–Crippen LogP) is 3.16. The molecule has 0 aliphatic heterocycles. The number of nitrogens with one attached hydrogen (secondary N) is 1. The molecule has 1 unspecified atom stereocenters. The maximum absolute atomic E-state index is 12.5. The van der Waals surface area contributed by atoms with E-state index in [1.54, 1.807) is 12.3 Å². The van der Waals surface area contributed by atoms with Crippen molar-refractivity contribution in [3.05, 3.63) is 23.9 Å². The van der Waals surface area contributed by atoms with Crippen molar-refractivity contribution in [1.82, 2.24) is 9.88 Å². The van der Waals surface area contributed by atoms with Gasteiger partial charge >= 0.3 is 0 Å². The smallest absolute Gasteiger partial charge is 0.254 e. The molecule has 1 aromatic rings. The maximum Gasteiger partial charge on any atom is 0.254 e. The number of amides is 1. The fraction of sp³-hybridized carbons (Fsp3) is 0.600. The number of rotatable bonds is 7. The third kappa shape index (κ3) is 4.23. The van der Waals surface area contributed by atoms with Gasteiger partial charge in [0.25, 0.3) is 5.91 Å². The Hall–Kier alpha value is -1.58. The molecule has 0 aliphatic carbocycles. The molecular formula is C15H25N3O. The summed E-state index contributed by atoms with van der Waals surface area (Å²) in [7, 11) is 0. The second-order valence-corrected chi connectivity index (χ2v) is 4.70. The fourth-order valence-corrected chi connectivity index (χ4v) is 1.95. The van der Waals surface area contributed by atoms with Gasteiger partial charge in [-0.3, -0.25) is 4.79 Å². The molecule has 1 atom stereocenters. The summed E-state index contributed by atoms with van der Waals surface area (Å²) in [5.41, 5.74) is 0.704. The van der Waals surface area contributed by atoms with Crippen molar-refractivity contribution < 1.29 is 4.79 Å².